The topological polar surface area (TPSA) is 68.5 Å². The molecule has 5 heteroatoms. The zero-order valence-corrected chi connectivity index (χ0v) is 15.7. The molecule has 1 heterocycles. The predicted molar refractivity (Wildman–Crippen MR) is 102 cm³/mol. The fourth-order valence-corrected chi connectivity index (χ4v) is 3.66. The summed E-state index contributed by atoms with van der Waals surface area (Å²) in [6, 6.07) is 7.14. The van der Waals surface area contributed by atoms with Crippen LogP contribution in [0.4, 0.5) is 0 Å². The molecular formula is C21H27NO4. The lowest BCUT2D eigenvalue weighted by atomic mass is 9.86. The fourth-order valence-electron chi connectivity index (χ4n) is 3.66. The van der Waals surface area contributed by atoms with Gasteiger partial charge < -0.3 is 14.5 Å². The molecule has 3 rings (SSSR count). The maximum Gasteiger partial charge on any atom is 0.336 e. The number of benzene rings is 1. The van der Waals surface area contributed by atoms with Gasteiger partial charge in [-0.25, -0.2) is 4.79 Å². The third-order valence-corrected chi connectivity index (χ3v) is 5.20. The van der Waals surface area contributed by atoms with Crippen LogP contribution in [0.25, 0.3) is 11.0 Å². The number of rotatable bonds is 5. The van der Waals surface area contributed by atoms with E-state index in [-0.39, 0.29) is 30.1 Å². The van der Waals surface area contributed by atoms with Gasteiger partial charge in [-0.1, -0.05) is 33.6 Å². The molecule has 1 aliphatic rings. The van der Waals surface area contributed by atoms with E-state index in [0.29, 0.717) is 17.3 Å². The molecule has 1 aromatic carbocycles. The summed E-state index contributed by atoms with van der Waals surface area (Å²) in [7, 11) is 0. The van der Waals surface area contributed by atoms with Crippen LogP contribution in [-0.4, -0.2) is 18.6 Å². The van der Waals surface area contributed by atoms with E-state index in [2.05, 4.69) is 12.2 Å². The summed E-state index contributed by atoms with van der Waals surface area (Å²) in [6.45, 7) is 6.22. The molecule has 5 nitrogen and oxygen atoms in total. The van der Waals surface area contributed by atoms with Gasteiger partial charge in [0.1, 0.15) is 11.3 Å². The van der Waals surface area contributed by atoms with Crippen molar-refractivity contribution in [1.82, 2.24) is 5.32 Å². The number of hydrogen-bond acceptors (Lipinski definition) is 4. The molecule has 140 valence electrons. The second kappa shape index (κ2) is 7.94. The van der Waals surface area contributed by atoms with Crippen molar-refractivity contribution in [3.8, 4) is 5.75 Å². The summed E-state index contributed by atoms with van der Waals surface area (Å²) in [4.78, 5) is 23.9. The second-order valence-electron chi connectivity index (χ2n) is 7.56. The average molecular weight is 357 g/mol. The number of fused-ring (bicyclic) bond motifs is 1. The Balaban J connectivity index is 1.67. The monoisotopic (exact) mass is 357 g/mol. The van der Waals surface area contributed by atoms with Crippen molar-refractivity contribution in [3.05, 3.63) is 40.2 Å². The minimum Gasteiger partial charge on any atom is -0.484 e. The van der Waals surface area contributed by atoms with Gasteiger partial charge in [0.25, 0.3) is 5.91 Å². The Kier molecular flexibility index (Phi) is 5.64. The smallest absolute Gasteiger partial charge is 0.336 e. The average Bonchev–Trinajstić information content (AvgIpc) is 2.60. The van der Waals surface area contributed by atoms with Crippen LogP contribution in [-0.2, 0) is 4.79 Å². The second-order valence-corrected chi connectivity index (χ2v) is 7.56. The van der Waals surface area contributed by atoms with Gasteiger partial charge in [-0.2, -0.15) is 0 Å². The standard InChI is InChI=1S/C21H27NO4/c1-13(2)17-11-21(24)26-19-10-15(8-9-16(17)19)25-12-20(23)22-18-7-5-4-6-14(18)3/h8-11,13-14,18H,4-7,12H2,1-3H3,(H,22,23). The summed E-state index contributed by atoms with van der Waals surface area (Å²) in [6.07, 6.45) is 4.60. The molecule has 1 fully saturated rings. The Hall–Kier alpha value is -2.30. The summed E-state index contributed by atoms with van der Waals surface area (Å²) in [5, 5.41) is 3.97. The van der Waals surface area contributed by atoms with Gasteiger partial charge in [0.15, 0.2) is 6.61 Å². The number of nitrogens with one attached hydrogen (secondary N) is 1. The maximum atomic E-state index is 12.2. The minimum absolute atomic E-state index is 0.0389. The highest BCUT2D eigenvalue weighted by Gasteiger charge is 2.22. The number of hydrogen-bond donors (Lipinski definition) is 1. The van der Waals surface area contributed by atoms with Crippen molar-refractivity contribution in [2.75, 3.05) is 6.61 Å². The van der Waals surface area contributed by atoms with Gasteiger partial charge >= 0.3 is 5.63 Å². The van der Waals surface area contributed by atoms with E-state index < -0.39 is 0 Å². The summed E-state index contributed by atoms with van der Waals surface area (Å²) >= 11 is 0. The van der Waals surface area contributed by atoms with Crippen molar-refractivity contribution in [3.63, 3.8) is 0 Å². The molecule has 1 aliphatic carbocycles. The first kappa shape index (κ1) is 18.5. The summed E-state index contributed by atoms with van der Waals surface area (Å²) in [5.74, 6) is 1.14. The van der Waals surface area contributed by atoms with Crippen LogP contribution in [0.15, 0.2) is 33.5 Å². The number of carbonyl (C=O) groups excluding carboxylic acids is 1. The van der Waals surface area contributed by atoms with Crippen molar-refractivity contribution in [2.24, 2.45) is 5.92 Å². The van der Waals surface area contributed by atoms with Crippen LogP contribution in [0.5, 0.6) is 5.75 Å². The van der Waals surface area contributed by atoms with Crippen molar-refractivity contribution >= 4 is 16.9 Å². The van der Waals surface area contributed by atoms with Crippen LogP contribution in [0.2, 0.25) is 0 Å². The van der Waals surface area contributed by atoms with Gasteiger partial charge in [0, 0.05) is 23.6 Å². The molecular weight excluding hydrogens is 330 g/mol. The Labute approximate surface area is 153 Å². The molecule has 1 saturated carbocycles. The minimum atomic E-state index is -0.373. The first-order valence-corrected chi connectivity index (χ1v) is 9.44. The van der Waals surface area contributed by atoms with E-state index >= 15 is 0 Å². The Morgan fingerprint density at radius 2 is 2.04 bits per heavy atom. The lowest BCUT2D eigenvalue weighted by Crippen LogP contribution is -2.43. The van der Waals surface area contributed by atoms with Crippen LogP contribution in [0.1, 0.15) is 57.9 Å². The van der Waals surface area contributed by atoms with E-state index in [1.807, 2.05) is 26.0 Å². The summed E-state index contributed by atoms with van der Waals surface area (Å²) < 4.78 is 10.9. The molecule has 0 aliphatic heterocycles. The third kappa shape index (κ3) is 4.26. The predicted octanol–water partition coefficient (Wildman–Crippen LogP) is 3.99. The Morgan fingerprint density at radius 3 is 2.77 bits per heavy atom. The van der Waals surface area contributed by atoms with Crippen LogP contribution in [0.3, 0.4) is 0 Å². The van der Waals surface area contributed by atoms with E-state index in [1.165, 1.54) is 12.5 Å². The molecule has 0 bridgehead atoms. The van der Waals surface area contributed by atoms with Gasteiger partial charge in [-0.3, -0.25) is 4.79 Å². The number of ether oxygens (including phenoxy) is 1. The molecule has 1 amide bonds. The number of amides is 1. The van der Waals surface area contributed by atoms with Crippen LogP contribution in [0, 0.1) is 5.92 Å². The van der Waals surface area contributed by atoms with E-state index in [0.717, 1.165) is 30.2 Å². The quantitative estimate of drug-likeness (QED) is 0.822. The van der Waals surface area contributed by atoms with Crippen molar-refractivity contribution in [2.45, 2.75) is 58.4 Å². The van der Waals surface area contributed by atoms with Gasteiger partial charge in [0.05, 0.1) is 0 Å². The van der Waals surface area contributed by atoms with E-state index in [1.54, 1.807) is 6.07 Å². The largest absolute Gasteiger partial charge is 0.484 e. The number of carbonyl (C=O) groups is 1. The fraction of sp³-hybridized carbons (Fsp3) is 0.524. The highest BCUT2D eigenvalue weighted by atomic mass is 16.5. The highest BCUT2D eigenvalue weighted by molar-refractivity contribution is 5.82. The molecule has 2 unspecified atom stereocenters. The normalized spacial score (nSPS) is 20.3. The first-order chi connectivity index (χ1) is 12.4. The Bertz CT molecular complexity index is 840. The molecule has 26 heavy (non-hydrogen) atoms. The molecule has 1 aromatic heterocycles. The highest BCUT2D eigenvalue weighted by Crippen LogP contribution is 2.27. The van der Waals surface area contributed by atoms with Crippen LogP contribution >= 0.6 is 0 Å². The Morgan fingerprint density at radius 1 is 1.27 bits per heavy atom. The van der Waals surface area contributed by atoms with E-state index in [4.69, 9.17) is 9.15 Å². The zero-order valence-electron chi connectivity index (χ0n) is 15.7. The van der Waals surface area contributed by atoms with Gasteiger partial charge in [-0.15, -0.1) is 0 Å². The SMILES string of the molecule is CC(C)c1cc(=O)oc2cc(OCC(=O)NC3CCCCC3C)ccc12. The first-order valence-electron chi connectivity index (χ1n) is 9.44. The van der Waals surface area contributed by atoms with Crippen molar-refractivity contribution < 1.29 is 13.9 Å². The lowest BCUT2D eigenvalue weighted by Gasteiger charge is -2.29. The molecule has 1 N–H and O–H groups in total. The van der Waals surface area contributed by atoms with Crippen LogP contribution < -0.4 is 15.7 Å². The molecule has 0 radical (unpaired) electrons. The van der Waals surface area contributed by atoms with Gasteiger partial charge in [-0.05, 0) is 42.4 Å². The maximum absolute atomic E-state index is 12.2. The molecule has 0 saturated heterocycles. The van der Waals surface area contributed by atoms with Crippen molar-refractivity contribution in [1.29, 1.82) is 0 Å². The zero-order chi connectivity index (χ0) is 18.7. The van der Waals surface area contributed by atoms with E-state index in [9.17, 15) is 9.59 Å². The van der Waals surface area contributed by atoms with Gasteiger partial charge in [0.2, 0.25) is 0 Å². The molecule has 2 aromatic rings. The third-order valence-electron chi connectivity index (χ3n) is 5.20. The molecule has 2 atom stereocenters. The summed E-state index contributed by atoms with van der Waals surface area (Å²) in [5.41, 5.74) is 1.06. The lowest BCUT2D eigenvalue weighted by molar-refractivity contribution is -0.124. The molecule has 0 spiro atoms.